The first-order chi connectivity index (χ1) is 20.0. The molecule has 0 spiro atoms. The number of amides is 1. The number of Topliss-reactive ketones (excluding diaryl/α,β-unsaturated/α-hetero) is 1. The molecule has 2 aliphatic rings. The lowest BCUT2D eigenvalue weighted by Gasteiger charge is -2.29. The van der Waals surface area contributed by atoms with Gasteiger partial charge in [-0.2, -0.15) is 0 Å². The van der Waals surface area contributed by atoms with Crippen molar-refractivity contribution >= 4 is 17.4 Å². The molecule has 0 aromatic heterocycles. The third-order valence-corrected chi connectivity index (χ3v) is 7.38. The van der Waals surface area contributed by atoms with Crippen molar-refractivity contribution in [2.24, 2.45) is 0 Å². The van der Waals surface area contributed by atoms with Crippen LogP contribution in [0.3, 0.4) is 0 Å². The standard InChI is InChI=1S/C33H36N2O6/c1-2-40-27-14-12-25(13-15-27)31(36)29-30(26-10-6-11-28(22-26)41-23-24-8-4-3-5-9-24)35(33(38)32(29)37)17-7-16-34-18-20-39-21-19-34/h3-6,8-15,22,30,36H,2,7,16-21,23H2,1H3/b31-29+. The molecule has 8 heteroatoms. The van der Waals surface area contributed by atoms with Crippen LogP contribution in [-0.4, -0.2) is 72.6 Å². The van der Waals surface area contributed by atoms with Crippen LogP contribution in [0.15, 0.2) is 84.4 Å². The van der Waals surface area contributed by atoms with E-state index in [0.29, 0.717) is 62.0 Å². The van der Waals surface area contributed by atoms with Crippen LogP contribution >= 0.6 is 0 Å². The van der Waals surface area contributed by atoms with Gasteiger partial charge in [0.25, 0.3) is 11.7 Å². The van der Waals surface area contributed by atoms with Gasteiger partial charge in [-0.3, -0.25) is 14.5 Å². The number of nitrogens with zero attached hydrogens (tertiary/aromatic N) is 2. The Morgan fingerprint density at radius 2 is 1.66 bits per heavy atom. The maximum Gasteiger partial charge on any atom is 0.295 e. The summed E-state index contributed by atoms with van der Waals surface area (Å²) >= 11 is 0. The van der Waals surface area contributed by atoms with Gasteiger partial charge >= 0.3 is 0 Å². The molecule has 1 amide bonds. The first-order valence-corrected chi connectivity index (χ1v) is 14.1. The number of rotatable bonds is 11. The minimum atomic E-state index is -0.744. The Labute approximate surface area is 240 Å². The van der Waals surface area contributed by atoms with Crippen LogP contribution in [0.4, 0.5) is 0 Å². The summed E-state index contributed by atoms with van der Waals surface area (Å²) in [6, 6.07) is 23.4. The van der Waals surface area contributed by atoms with Crippen molar-refractivity contribution in [2.75, 3.05) is 46.0 Å². The second-order valence-electron chi connectivity index (χ2n) is 10.1. The van der Waals surface area contributed by atoms with E-state index in [9.17, 15) is 14.7 Å². The maximum atomic E-state index is 13.5. The predicted octanol–water partition coefficient (Wildman–Crippen LogP) is 4.81. The Hall–Kier alpha value is -4.14. The zero-order chi connectivity index (χ0) is 28.6. The Kier molecular flexibility index (Phi) is 9.33. The molecule has 8 nitrogen and oxygen atoms in total. The molecular weight excluding hydrogens is 520 g/mol. The minimum Gasteiger partial charge on any atom is -0.507 e. The van der Waals surface area contributed by atoms with Crippen molar-refractivity contribution in [3.63, 3.8) is 0 Å². The fourth-order valence-electron chi connectivity index (χ4n) is 5.29. The van der Waals surface area contributed by atoms with Crippen molar-refractivity contribution < 1.29 is 28.9 Å². The van der Waals surface area contributed by atoms with Gasteiger partial charge < -0.3 is 24.2 Å². The molecule has 41 heavy (non-hydrogen) atoms. The van der Waals surface area contributed by atoms with Gasteiger partial charge in [0, 0.05) is 31.7 Å². The minimum absolute atomic E-state index is 0.0748. The molecule has 1 unspecified atom stereocenters. The lowest BCUT2D eigenvalue weighted by molar-refractivity contribution is -0.140. The highest BCUT2D eigenvalue weighted by atomic mass is 16.5. The smallest absolute Gasteiger partial charge is 0.295 e. The predicted molar refractivity (Wildman–Crippen MR) is 156 cm³/mol. The third kappa shape index (κ3) is 6.78. The largest absolute Gasteiger partial charge is 0.507 e. The maximum absolute atomic E-state index is 13.5. The molecule has 3 aromatic rings. The number of morpholine rings is 1. The van der Waals surface area contributed by atoms with Gasteiger partial charge in [-0.15, -0.1) is 0 Å². The van der Waals surface area contributed by atoms with Crippen LogP contribution in [0, 0.1) is 0 Å². The van der Waals surface area contributed by atoms with E-state index in [-0.39, 0.29) is 11.3 Å². The van der Waals surface area contributed by atoms with Crippen LogP contribution in [-0.2, 0) is 20.9 Å². The molecule has 5 rings (SSSR count). The quantitative estimate of drug-likeness (QED) is 0.206. The number of carbonyl (C=O) groups excluding carboxylic acids is 2. The highest BCUT2D eigenvalue weighted by molar-refractivity contribution is 6.46. The van der Waals surface area contributed by atoms with Gasteiger partial charge in [0.1, 0.15) is 23.9 Å². The van der Waals surface area contributed by atoms with Crippen LogP contribution in [0.1, 0.15) is 36.1 Å². The van der Waals surface area contributed by atoms with Crippen LogP contribution in [0.2, 0.25) is 0 Å². The van der Waals surface area contributed by atoms with Crippen molar-refractivity contribution in [3.8, 4) is 11.5 Å². The molecule has 214 valence electrons. The molecule has 0 saturated carbocycles. The topological polar surface area (TPSA) is 88.5 Å². The van der Waals surface area contributed by atoms with E-state index in [1.165, 1.54) is 0 Å². The third-order valence-electron chi connectivity index (χ3n) is 7.38. The fraction of sp³-hybridized carbons (Fsp3) is 0.333. The number of hydrogen-bond donors (Lipinski definition) is 1. The number of aliphatic hydroxyl groups excluding tert-OH is 1. The van der Waals surface area contributed by atoms with Crippen molar-refractivity contribution in [2.45, 2.75) is 26.0 Å². The van der Waals surface area contributed by atoms with E-state index in [4.69, 9.17) is 14.2 Å². The van der Waals surface area contributed by atoms with Gasteiger partial charge in [-0.05, 0) is 60.9 Å². The summed E-state index contributed by atoms with van der Waals surface area (Å²) in [6.07, 6.45) is 0.691. The Morgan fingerprint density at radius 3 is 2.39 bits per heavy atom. The highest BCUT2D eigenvalue weighted by Crippen LogP contribution is 2.40. The molecular formula is C33H36N2O6. The normalized spacial score (nSPS) is 19.0. The molecule has 2 fully saturated rings. The number of carbonyl (C=O) groups is 2. The molecule has 0 aliphatic carbocycles. The number of benzene rings is 3. The van der Waals surface area contributed by atoms with Gasteiger partial charge in [0.2, 0.25) is 0 Å². The molecule has 0 radical (unpaired) electrons. The number of hydrogen-bond acceptors (Lipinski definition) is 7. The number of aliphatic hydroxyl groups is 1. The zero-order valence-corrected chi connectivity index (χ0v) is 23.3. The molecule has 2 saturated heterocycles. The summed E-state index contributed by atoms with van der Waals surface area (Å²) in [5, 5.41) is 11.4. The Bertz CT molecular complexity index is 1370. The summed E-state index contributed by atoms with van der Waals surface area (Å²) in [6.45, 7) is 7.05. The SMILES string of the molecule is CCOc1ccc(/C(O)=C2\C(=O)C(=O)N(CCCN3CCOCC3)C2c2cccc(OCc3ccccc3)c2)cc1. The fourth-order valence-corrected chi connectivity index (χ4v) is 5.29. The van der Waals surface area contributed by atoms with E-state index in [0.717, 1.165) is 25.2 Å². The number of likely N-dealkylation sites (tertiary alicyclic amines) is 1. The molecule has 0 bridgehead atoms. The molecule has 1 atom stereocenters. The first-order valence-electron chi connectivity index (χ1n) is 14.1. The van der Waals surface area contributed by atoms with Crippen LogP contribution < -0.4 is 9.47 Å². The average molecular weight is 557 g/mol. The van der Waals surface area contributed by atoms with E-state index in [1.807, 2.05) is 61.5 Å². The van der Waals surface area contributed by atoms with Gasteiger partial charge in [0.15, 0.2) is 0 Å². The second-order valence-corrected chi connectivity index (χ2v) is 10.1. The lowest BCUT2D eigenvalue weighted by Crippen LogP contribution is -2.38. The zero-order valence-electron chi connectivity index (χ0n) is 23.3. The van der Waals surface area contributed by atoms with E-state index < -0.39 is 17.7 Å². The van der Waals surface area contributed by atoms with E-state index >= 15 is 0 Å². The van der Waals surface area contributed by atoms with Crippen molar-refractivity contribution in [1.29, 1.82) is 0 Å². The van der Waals surface area contributed by atoms with Gasteiger partial charge in [0.05, 0.1) is 31.4 Å². The molecule has 2 aliphatic heterocycles. The second kappa shape index (κ2) is 13.5. The van der Waals surface area contributed by atoms with Crippen LogP contribution in [0.5, 0.6) is 11.5 Å². The summed E-state index contributed by atoms with van der Waals surface area (Å²) in [5.41, 5.74) is 2.25. The highest BCUT2D eigenvalue weighted by Gasteiger charge is 2.46. The number of ether oxygens (including phenoxy) is 3. The monoisotopic (exact) mass is 556 g/mol. The summed E-state index contributed by atoms with van der Waals surface area (Å²) in [5.74, 6) is -0.232. The average Bonchev–Trinajstić information content (AvgIpc) is 3.26. The molecule has 3 aromatic carbocycles. The first kappa shape index (κ1) is 28.4. The van der Waals surface area contributed by atoms with Gasteiger partial charge in [-0.1, -0.05) is 42.5 Å². The molecule has 1 N–H and O–H groups in total. The van der Waals surface area contributed by atoms with Gasteiger partial charge in [-0.25, -0.2) is 0 Å². The van der Waals surface area contributed by atoms with E-state index in [1.54, 1.807) is 29.2 Å². The van der Waals surface area contributed by atoms with Crippen molar-refractivity contribution in [3.05, 3.63) is 101 Å². The van der Waals surface area contributed by atoms with E-state index in [2.05, 4.69) is 4.90 Å². The Morgan fingerprint density at radius 1 is 0.902 bits per heavy atom. The summed E-state index contributed by atoms with van der Waals surface area (Å²) < 4.78 is 17.0. The van der Waals surface area contributed by atoms with Crippen molar-refractivity contribution in [1.82, 2.24) is 9.80 Å². The van der Waals surface area contributed by atoms with Crippen LogP contribution in [0.25, 0.3) is 5.76 Å². The summed E-state index contributed by atoms with van der Waals surface area (Å²) in [4.78, 5) is 30.7. The molecule has 2 heterocycles. The summed E-state index contributed by atoms with van der Waals surface area (Å²) in [7, 11) is 0. The Balaban J connectivity index is 1.45. The lowest BCUT2D eigenvalue weighted by atomic mass is 9.95. The number of ketones is 1.